The number of rotatable bonds is 4. The van der Waals surface area contributed by atoms with Gasteiger partial charge in [0, 0.05) is 42.5 Å². The molecular formula is C19H17FN2O3. The van der Waals surface area contributed by atoms with Gasteiger partial charge in [-0.05, 0) is 41.8 Å². The molecule has 25 heavy (non-hydrogen) atoms. The molecule has 1 aliphatic heterocycles. The highest BCUT2D eigenvalue weighted by molar-refractivity contribution is 5.90. The molecule has 1 aliphatic rings. The molecule has 0 aliphatic carbocycles. The molecule has 3 heterocycles. The summed E-state index contributed by atoms with van der Waals surface area (Å²) in [5.41, 5.74) is 2.65. The molecule has 0 bridgehead atoms. The van der Waals surface area contributed by atoms with E-state index < -0.39 is 5.97 Å². The van der Waals surface area contributed by atoms with Crippen LogP contribution in [0.5, 0.6) is 0 Å². The largest absolute Gasteiger partial charge is 0.478 e. The molecule has 128 valence electrons. The number of benzene rings is 1. The molecule has 4 rings (SSSR count). The Bertz CT molecular complexity index is 945. The van der Waals surface area contributed by atoms with Gasteiger partial charge in [0.2, 0.25) is 0 Å². The Morgan fingerprint density at radius 2 is 2.24 bits per heavy atom. The van der Waals surface area contributed by atoms with Crippen molar-refractivity contribution in [2.75, 3.05) is 13.2 Å². The van der Waals surface area contributed by atoms with Crippen LogP contribution in [0.1, 0.15) is 33.9 Å². The number of aromatic nitrogens is 2. The van der Waals surface area contributed by atoms with Crippen LogP contribution in [0.25, 0.3) is 10.9 Å². The Morgan fingerprint density at radius 3 is 3.00 bits per heavy atom. The molecule has 0 amide bonds. The Morgan fingerprint density at radius 1 is 1.36 bits per heavy atom. The second-order valence-corrected chi connectivity index (χ2v) is 6.26. The van der Waals surface area contributed by atoms with Crippen molar-refractivity contribution in [1.82, 2.24) is 9.55 Å². The van der Waals surface area contributed by atoms with E-state index in [1.165, 1.54) is 24.4 Å². The lowest BCUT2D eigenvalue weighted by molar-refractivity contribution is 0.0695. The van der Waals surface area contributed by atoms with Crippen LogP contribution in [0, 0.1) is 5.82 Å². The van der Waals surface area contributed by atoms with E-state index in [2.05, 4.69) is 9.55 Å². The van der Waals surface area contributed by atoms with E-state index in [0.717, 1.165) is 22.9 Å². The third-order valence-electron chi connectivity index (χ3n) is 4.69. The van der Waals surface area contributed by atoms with Gasteiger partial charge >= 0.3 is 5.97 Å². The highest BCUT2D eigenvalue weighted by atomic mass is 19.1. The first-order chi connectivity index (χ1) is 12.1. The number of nitrogens with zero attached hydrogens (tertiary/aromatic N) is 2. The average molecular weight is 340 g/mol. The van der Waals surface area contributed by atoms with Crippen molar-refractivity contribution in [3.63, 3.8) is 0 Å². The van der Waals surface area contributed by atoms with Crippen molar-refractivity contribution in [2.24, 2.45) is 0 Å². The van der Waals surface area contributed by atoms with Crippen molar-refractivity contribution in [1.29, 1.82) is 0 Å². The van der Waals surface area contributed by atoms with E-state index in [9.17, 15) is 14.3 Å². The summed E-state index contributed by atoms with van der Waals surface area (Å²) in [5.74, 6) is -1.30. The lowest BCUT2D eigenvalue weighted by atomic mass is 10.0. The number of carbonyl (C=O) groups is 1. The third kappa shape index (κ3) is 2.89. The summed E-state index contributed by atoms with van der Waals surface area (Å²) < 4.78 is 21.4. The number of halogens is 1. The van der Waals surface area contributed by atoms with Gasteiger partial charge in [0.05, 0.1) is 18.2 Å². The van der Waals surface area contributed by atoms with Crippen molar-refractivity contribution >= 4 is 16.9 Å². The number of fused-ring (bicyclic) bond motifs is 1. The molecule has 1 aromatic carbocycles. The van der Waals surface area contributed by atoms with Crippen molar-refractivity contribution in [2.45, 2.75) is 18.9 Å². The molecule has 1 atom stereocenters. The Balaban J connectivity index is 1.82. The SMILES string of the molecule is O=C(O)c1ccncc1Cc1cn([C@H]2CCOC2)c2ccc(F)cc12. The fourth-order valence-electron chi connectivity index (χ4n) is 3.46. The first-order valence-corrected chi connectivity index (χ1v) is 8.16. The molecule has 0 unspecified atom stereocenters. The van der Waals surface area contributed by atoms with Crippen LogP contribution < -0.4 is 0 Å². The van der Waals surface area contributed by atoms with E-state index >= 15 is 0 Å². The maximum Gasteiger partial charge on any atom is 0.336 e. The smallest absolute Gasteiger partial charge is 0.336 e. The van der Waals surface area contributed by atoms with E-state index in [1.54, 1.807) is 12.3 Å². The maximum atomic E-state index is 13.8. The van der Waals surface area contributed by atoms with Gasteiger partial charge in [0.15, 0.2) is 0 Å². The van der Waals surface area contributed by atoms with Gasteiger partial charge in [-0.25, -0.2) is 9.18 Å². The zero-order valence-electron chi connectivity index (χ0n) is 13.5. The molecule has 5 nitrogen and oxygen atoms in total. The molecule has 0 saturated carbocycles. The summed E-state index contributed by atoms with van der Waals surface area (Å²) in [6.07, 6.45) is 6.31. The highest BCUT2D eigenvalue weighted by Gasteiger charge is 2.22. The summed E-state index contributed by atoms with van der Waals surface area (Å²) in [4.78, 5) is 15.5. The minimum atomic E-state index is -0.989. The van der Waals surface area contributed by atoms with Crippen molar-refractivity contribution in [3.05, 3.63) is 65.4 Å². The normalized spacial score (nSPS) is 17.2. The van der Waals surface area contributed by atoms with Crippen molar-refractivity contribution in [3.8, 4) is 0 Å². The van der Waals surface area contributed by atoms with Crippen molar-refractivity contribution < 1.29 is 19.0 Å². The van der Waals surface area contributed by atoms with Crippen LogP contribution in [0.2, 0.25) is 0 Å². The van der Waals surface area contributed by atoms with Gasteiger partial charge in [-0.3, -0.25) is 4.98 Å². The first kappa shape index (κ1) is 15.8. The second-order valence-electron chi connectivity index (χ2n) is 6.26. The molecule has 0 spiro atoms. The second kappa shape index (κ2) is 6.29. The topological polar surface area (TPSA) is 64.3 Å². The number of hydrogen-bond acceptors (Lipinski definition) is 3. The van der Waals surface area contributed by atoms with Gasteiger partial charge in [-0.1, -0.05) is 0 Å². The molecular weight excluding hydrogens is 323 g/mol. The quantitative estimate of drug-likeness (QED) is 0.790. The van der Waals surface area contributed by atoms with Gasteiger partial charge in [0.1, 0.15) is 5.82 Å². The number of aromatic carboxylic acids is 1. The fourth-order valence-corrected chi connectivity index (χ4v) is 3.46. The summed E-state index contributed by atoms with van der Waals surface area (Å²) >= 11 is 0. The highest BCUT2D eigenvalue weighted by Crippen LogP contribution is 2.31. The monoisotopic (exact) mass is 340 g/mol. The van der Waals surface area contributed by atoms with E-state index in [1.807, 2.05) is 6.20 Å². The molecule has 0 radical (unpaired) electrons. The predicted molar refractivity (Wildman–Crippen MR) is 90.4 cm³/mol. The molecule has 2 aromatic heterocycles. The van der Waals surface area contributed by atoms with Crippen LogP contribution in [-0.2, 0) is 11.2 Å². The van der Waals surface area contributed by atoms with Crippen LogP contribution in [0.3, 0.4) is 0 Å². The van der Waals surface area contributed by atoms with E-state index in [0.29, 0.717) is 25.2 Å². The zero-order valence-corrected chi connectivity index (χ0v) is 13.5. The van der Waals surface area contributed by atoms with E-state index in [4.69, 9.17) is 4.74 Å². The molecule has 1 saturated heterocycles. The van der Waals surface area contributed by atoms with Gasteiger partial charge in [0.25, 0.3) is 0 Å². The Kier molecular flexibility index (Phi) is 3.97. The van der Waals surface area contributed by atoms with Crippen LogP contribution in [-0.4, -0.2) is 33.8 Å². The van der Waals surface area contributed by atoms with Gasteiger partial charge < -0.3 is 14.4 Å². The van der Waals surface area contributed by atoms with Crippen LogP contribution in [0.15, 0.2) is 42.9 Å². The Labute approximate surface area is 143 Å². The number of hydrogen-bond donors (Lipinski definition) is 1. The summed E-state index contributed by atoms with van der Waals surface area (Å²) in [7, 11) is 0. The van der Waals surface area contributed by atoms with Gasteiger partial charge in [-0.2, -0.15) is 0 Å². The summed E-state index contributed by atoms with van der Waals surface area (Å²) in [5, 5.41) is 10.2. The number of carboxylic acids is 1. The lowest BCUT2D eigenvalue weighted by Gasteiger charge is -2.11. The molecule has 1 N–H and O–H groups in total. The minimum absolute atomic E-state index is 0.217. The standard InChI is InChI=1S/C19H17FN2O3/c20-14-1-2-18-17(8-14)13(10-22(18)15-4-6-25-11-15)7-12-9-21-5-3-16(12)19(23)24/h1-3,5,8-10,15H,4,6-7,11H2,(H,23,24)/t15-/m0/s1. The Hall–Kier alpha value is -2.73. The fraction of sp³-hybridized carbons (Fsp3) is 0.263. The van der Waals surface area contributed by atoms with Crippen LogP contribution >= 0.6 is 0 Å². The van der Waals surface area contributed by atoms with Crippen LogP contribution in [0.4, 0.5) is 4.39 Å². The summed E-state index contributed by atoms with van der Waals surface area (Å²) in [6, 6.07) is 6.43. The average Bonchev–Trinajstić information content (AvgIpc) is 3.23. The number of ether oxygens (including phenoxy) is 1. The third-order valence-corrected chi connectivity index (χ3v) is 4.69. The van der Waals surface area contributed by atoms with E-state index in [-0.39, 0.29) is 17.4 Å². The first-order valence-electron chi connectivity index (χ1n) is 8.16. The minimum Gasteiger partial charge on any atom is -0.478 e. The molecule has 6 heteroatoms. The number of pyridine rings is 1. The maximum absolute atomic E-state index is 13.8. The molecule has 3 aromatic rings. The van der Waals surface area contributed by atoms with Gasteiger partial charge in [-0.15, -0.1) is 0 Å². The summed E-state index contributed by atoms with van der Waals surface area (Å²) in [6.45, 7) is 1.35. The zero-order chi connectivity index (χ0) is 17.4. The lowest BCUT2D eigenvalue weighted by Crippen LogP contribution is -2.07. The molecule has 1 fully saturated rings. The predicted octanol–water partition coefficient (Wildman–Crippen LogP) is 3.43. The number of carboxylic acid groups (broad SMARTS) is 1.